The minimum Gasteiger partial charge on any atom is -0.312 e. The lowest BCUT2D eigenvalue weighted by Crippen LogP contribution is -2.41. The molecule has 1 aromatic carbocycles. The lowest BCUT2D eigenvalue weighted by Gasteiger charge is -2.29. The Morgan fingerprint density at radius 2 is 2.00 bits per heavy atom. The van der Waals surface area contributed by atoms with Gasteiger partial charge in [-0.05, 0) is 55.2 Å². The predicted molar refractivity (Wildman–Crippen MR) is 85.4 cm³/mol. The number of hydrogen-bond donors (Lipinski definition) is 1. The number of thioether (sulfide) groups is 1. The number of benzene rings is 1. The van der Waals surface area contributed by atoms with Gasteiger partial charge in [0.25, 0.3) is 0 Å². The van der Waals surface area contributed by atoms with Crippen LogP contribution in [0, 0.1) is 0 Å². The molecule has 0 spiro atoms. The summed E-state index contributed by atoms with van der Waals surface area (Å²) in [7, 11) is 0. The van der Waals surface area contributed by atoms with Gasteiger partial charge in [0.2, 0.25) is 0 Å². The maximum Gasteiger partial charge on any atom is 0.0408 e. The van der Waals surface area contributed by atoms with E-state index >= 15 is 0 Å². The molecule has 0 amide bonds. The molecule has 2 aliphatic rings. The van der Waals surface area contributed by atoms with E-state index in [-0.39, 0.29) is 0 Å². The summed E-state index contributed by atoms with van der Waals surface area (Å²) >= 11 is 8.14. The first-order valence-corrected chi connectivity index (χ1v) is 8.87. The topological polar surface area (TPSA) is 12.0 Å². The molecule has 1 unspecified atom stereocenters. The average molecular weight is 296 g/mol. The minimum atomic E-state index is 0.506. The van der Waals surface area contributed by atoms with E-state index in [0.29, 0.717) is 10.8 Å². The van der Waals surface area contributed by atoms with Crippen LogP contribution in [0.2, 0.25) is 5.02 Å². The van der Waals surface area contributed by atoms with Gasteiger partial charge < -0.3 is 5.32 Å². The molecule has 1 N–H and O–H groups in total. The number of nitrogens with one attached hydrogen (secondary N) is 1. The quantitative estimate of drug-likeness (QED) is 0.898. The zero-order valence-electron chi connectivity index (χ0n) is 11.5. The fraction of sp³-hybridized carbons (Fsp3) is 0.625. The molecular formula is C16H22ClNS. The third-order valence-electron chi connectivity index (χ3n) is 4.76. The number of halogens is 1. The summed E-state index contributed by atoms with van der Waals surface area (Å²) in [5, 5.41) is 4.69. The van der Waals surface area contributed by atoms with E-state index in [2.05, 4.69) is 35.5 Å². The third kappa shape index (κ3) is 2.96. The van der Waals surface area contributed by atoms with Crippen LogP contribution in [0.1, 0.15) is 36.8 Å². The van der Waals surface area contributed by atoms with Crippen LogP contribution in [0.5, 0.6) is 0 Å². The molecule has 3 rings (SSSR count). The summed E-state index contributed by atoms with van der Waals surface area (Å²) in [5.74, 6) is 0. The van der Waals surface area contributed by atoms with E-state index in [1.54, 1.807) is 0 Å². The van der Waals surface area contributed by atoms with Crippen molar-refractivity contribution in [2.24, 2.45) is 0 Å². The lowest BCUT2D eigenvalue weighted by molar-refractivity contribution is 0.467. The summed E-state index contributed by atoms with van der Waals surface area (Å²) in [6.07, 6.45) is 10.2. The molecule has 104 valence electrons. The molecular weight excluding hydrogens is 274 g/mol. The Balaban J connectivity index is 1.58. The van der Waals surface area contributed by atoms with Crippen molar-refractivity contribution in [3.8, 4) is 0 Å². The first-order valence-electron chi connectivity index (χ1n) is 7.27. The highest BCUT2D eigenvalue weighted by Crippen LogP contribution is 2.40. The molecule has 0 heterocycles. The van der Waals surface area contributed by atoms with Crippen LogP contribution in [0.4, 0.5) is 0 Å². The van der Waals surface area contributed by atoms with Gasteiger partial charge in [-0.2, -0.15) is 11.8 Å². The van der Waals surface area contributed by atoms with Gasteiger partial charge in [-0.1, -0.05) is 30.5 Å². The molecule has 1 atom stereocenters. The van der Waals surface area contributed by atoms with Crippen LogP contribution in [0.3, 0.4) is 0 Å². The second kappa shape index (κ2) is 5.67. The van der Waals surface area contributed by atoms with Crippen molar-refractivity contribution in [2.45, 2.75) is 49.3 Å². The summed E-state index contributed by atoms with van der Waals surface area (Å²) in [6.45, 7) is 1.17. The maximum atomic E-state index is 6.07. The standard InChI is InChI=1S/C16H22ClNS/c1-19-16(6-2-3-7-16)11-18-15-9-12-4-5-14(17)8-13(12)10-15/h4-5,8,15,18H,2-3,6-7,9-11H2,1H3. The van der Waals surface area contributed by atoms with Crippen molar-refractivity contribution in [1.82, 2.24) is 5.32 Å². The minimum absolute atomic E-state index is 0.506. The van der Waals surface area contributed by atoms with Gasteiger partial charge in [-0.3, -0.25) is 0 Å². The van der Waals surface area contributed by atoms with Crippen LogP contribution >= 0.6 is 23.4 Å². The second-order valence-electron chi connectivity index (χ2n) is 5.99. The van der Waals surface area contributed by atoms with Crippen LogP contribution in [0.25, 0.3) is 0 Å². The molecule has 1 saturated carbocycles. The predicted octanol–water partition coefficient (Wildman–Crippen LogP) is 4.07. The van der Waals surface area contributed by atoms with E-state index in [9.17, 15) is 0 Å². The Bertz CT molecular complexity index is 454. The molecule has 1 fully saturated rings. The van der Waals surface area contributed by atoms with Crippen molar-refractivity contribution >= 4 is 23.4 Å². The Labute approximate surface area is 125 Å². The van der Waals surface area contributed by atoms with Gasteiger partial charge in [0.1, 0.15) is 0 Å². The Kier molecular flexibility index (Phi) is 4.11. The lowest BCUT2D eigenvalue weighted by atomic mass is 10.1. The largest absolute Gasteiger partial charge is 0.312 e. The van der Waals surface area contributed by atoms with E-state index in [4.69, 9.17) is 11.6 Å². The van der Waals surface area contributed by atoms with E-state index in [1.165, 1.54) is 43.4 Å². The van der Waals surface area contributed by atoms with Crippen LogP contribution in [0.15, 0.2) is 18.2 Å². The van der Waals surface area contributed by atoms with Gasteiger partial charge in [0.05, 0.1) is 0 Å². The zero-order chi connectivity index (χ0) is 13.3. The second-order valence-corrected chi connectivity index (χ2v) is 7.70. The van der Waals surface area contributed by atoms with E-state index < -0.39 is 0 Å². The number of rotatable bonds is 4. The molecule has 0 bridgehead atoms. The SMILES string of the molecule is CSC1(CNC2Cc3ccc(Cl)cc3C2)CCCC1. The highest BCUT2D eigenvalue weighted by molar-refractivity contribution is 8.00. The first-order chi connectivity index (χ1) is 9.21. The average Bonchev–Trinajstić information content (AvgIpc) is 3.02. The molecule has 0 aliphatic heterocycles. The Hall–Kier alpha value is -0.180. The molecule has 0 aromatic heterocycles. The Morgan fingerprint density at radius 3 is 2.74 bits per heavy atom. The highest BCUT2D eigenvalue weighted by Gasteiger charge is 2.34. The summed E-state index contributed by atoms with van der Waals surface area (Å²) in [4.78, 5) is 0. The maximum absolute atomic E-state index is 6.07. The van der Waals surface area contributed by atoms with Gasteiger partial charge in [0, 0.05) is 22.4 Å². The monoisotopic (exact) mass is 295 g/mol. The van der Waals surface area contributed by atoms with Crippen LogP contribution < -0.4 is 5.32 Å². The van der Waals surface area contributed by atoms with Crippen molar-refractivity contribution < 1.29 is 0 Å². The highest BCUT2D eigenvalue weighted by atomic mass is 35.5. The third-order valence-corrected chi connectivity index (χ3v) is 6.42. The van der Waals surface area contributed by atoms with E-state index in [1.807, 2.05) is 6.07 Å². The van der Waals surface area contributed by atoms with Crippen molar-refractivity contribution in [3.63, 3.8) is 0 Å². The molecule has 2 aliphatic carbocycles. The molecule has 19 heavy (non-hydrogen) atoms. The van der Waals surface area contributed by atoms with Gasteiger partial charge >= 0.3 is 0 Å². The van der Waals surface area contributed by atoms with Crippen molar-refractivity contribution in [2.75, 3.05) is 12.8 Å². The molecule has 3 heteroatoms. The van der Waals surface area contributed by atoms with Crippen LogP contribution in [-0.2, 0) is 12.8 Å². The molecule has 1 nitrogen and oxygen atoms in total. The molecule has 0 radical (unpaired) electrons. The van der Waals surface area contributed by atoms with Crippen molar-refractivity contribution in [1.29, 1.82) is 0 Å². The summed E-state index contributed by atoms with van der Waals surface area (Å²) in [6, 6.07) is 6.96. The van der Waals surface area contributed by atoms with Crippen molar-refractivity contribution in [3.05, 3.63) is 34.3 Å². The zero-order valence-corrected chi connectivity index (χ0v) is 13.1. The first kappa shape index (κ1) is 13.8. The molecule has 1 aromatic rings. The van der Waals surface area contributed by atoms with Gasteiger partial charge in [0.15, 0.2) is 0 Å². The number of fused-ring (bicyclic) bond motifs is 1. The fourth-order valence-electron chi connectivity index (χ4n) is 3.53. The smallest absolute Gasteiger partial charge is 0.0408 e. The van der Waals surface area contributed by atoms with Gasteiger partial charge in [-0.25, -0.2) is 0 Å². The summed E-state index contributed by atoms with van der Waals surface area (Å²) in [5.41, 5.74) is 2.92. The summed E-state index contributed by atoms with van der Waals surface area (Å²) < 4.78 is 0.506. The van der Waals surface area contributed by atoms with Crippen LogP contribution in [-0.4, -0.2) is 23.6 Å². The fourth-order valence-corrected chi connectivity index (χ4v) is 4.65. The normalized spacial score (nSPS) is 24.6. The number of hydrogen-bond acceptors (Lipinski definition) is 2. The van der Waals surface area contributed by atoms with Gasteiger partial charge in [-0.15, -0.1) is 0 Å². The molecule has 0 saturated heterocycles. The van der Waals surface area contributed by atoms with E-state index in [0.717, 1.165) is 17.9 Å². The Morgan fingerprint density at radius 1 is 1.26 bits per heavy atom.